The van der Waals surface area contributed by atoms with Crippen LogP contribution in [-0.4, -0.2) is 92.6 Å². The van der Waals surface area contributed by atoms with Crippen LogP contribution in [0.15, 0.2) is 41.2 Å². The number of amides is 2. The summed E-state index contributed by atoms with van der Waals surface area (Å²) < 4.78 is 23.4. The molecule has 0 saturated heterocycles. The SMILES string of the molecule is CCC(=O)N/N=C/c1c2c(O)c3c(O)c(C)c4c(c3c1O)C(=O)C(C)(O/C=C/C(OC)C(C)C(OC(C)=O)C(C)C(O)C(C)C(O)C(C)/C=C/C=C(/C)C(=O)N2)O4. The standard InChI is InChI=1S/C41H53N3O13/c1-11-27(46)44-42-17-25-31-36(51)29-28(35(25)50)30-38(23(7)34(29)49)57-41(9,39(30)52)55-16-15-26(54-10)20(4)37(56-24(8)45)22(6)33(48)21(5)32(47)18(2)13-12-14-19(3)40(53)43-31/h12-18,20-22,26,32-33,37,47-51H,11H2,1-10H3,(H,43,53)(H,44,46)/b13-12+,16-15+,19-14-,42-17+. The van der Waals surface area contributed by atoms with Gasteiger partial charge in [-0.15, -0.1) is 0 Å². The number of hydrogen-bond donors (Lipinski definition) is 7. The van der Waals surface area contributed by atoms with Crippen molar-refractivity contribution in [3.8, 4) is 23.0 Å². The molecular formula is C41H53N3O13. The van der Waals surface area contributed by atoms with E-state index in [2.05, 4.69) is 15.8 Å². The summed E-state index contributed by atoms with van der Waals surface area (Å²) in [7, 11) is 1.41. The number of benzene rings is 2. The minimum Gasteiger partial charge on any atom is -0.507 e. The van der Waals surface area contributed by atoms with Gasteiger partial charge in [0.05, 0.1) is 53.0 Å². The molecule has 5 bridgehead atoms. The normalized spacial score (nSPS) is 30.6. The lowest BCUT2D eigenvalue weighted by Crippen LogP contribution is -2.46. The van der Waals surface area contributed by atoms with Crippen LogP contribution >= 0.6 is 0 Å². The summed E-state index contributed by atoms with van der Waals surface area (Å²) in [6.07, 6.45) is 4.30. The minimum absolute atomic E-state index is 0.00295. The van der Waals surface area contributed by atoms with E-state index >= 15 is 0 Å². The quantitative estimate of drug-likeness (QED) is 0.0720. The first-order chi connectivity index (χ1) is 26.7. The maximum Gasteiger partial charge on any atom is 0.312 e. The van der Waals surface area contributed by atoms with Gasteiger partial charge in [-0.05, 0) is 19.9 Å². The van der Waals surface area contributed by atoms with Gasteiger partial charge >= 0.3 is 11.8 Å². The lowest BCUT2D eigenvalue weighted by atomic mass is 9.78. The molecule has 5 rings (SSSR count). The van der Waals surface area contributed by atoms with Gasteiger partial charge in [-0.25, -0.2) is 5.43 Å². The number of carbonyl (C=O) groups is 4. The lowest BCUT2D eigenvalue weighted by Gasteiger charge is -2.38. The largest absolute Gasteiger partial charge is 0.507 e. The van der Waals surface area contributed by atoms with Gasteiger partial charge in [-0.1, -0.05) is 52.8 Å². The van der Waals surface area contributed by atoms with Crippen LogP contribution in [0, 0.1) is 30.6 Å². The smallest absolute Gasteiger partial charge is 0.312 e. The van der Waals surface area contributed by atoms with Gasteiger partial charge in [0.2, 0.25) is 5.91 Å². The second-order valence-electron chi connectivity index (χ2n) is 14.8. The fourth-order valence-corrected chi connectivity index (χ4v) is 7.12. The number of carbonyl (C=O) groups excluding carboxylic acids is 4. The van der Waals surface area contributed by atoms with Gasteiger partial charge in [0, 0.05) is 67.6 Å². The maximum absolute atomic E-state index is 14.3. The number of rotatable bonds is 5. The maximum atomic E-state index is 14.3. The first kappa shape index (κ1) is 44.3. The van der Waals surface area contributed by atoms with Gasteiger partial charge in [0.1, 0.15) is 23.4 Å². The molecule has 0 radical (unpaired) electrons. The molecule has 3 aliphatic heterocycles. The molecule has 7 N–H and O–H groups in total. The Balaban J connectivity index is 1.98. The summed E-state index contributed by atoms with van der Waals surface area (Å²) in [5, 5.41) is 63.4. The van der Waals surface area contributed by atoms with Crippen LogP contribution in [0.25, 0.3) is 10.8 Å². The van der Waals surface area contributed by atoms with Crippen LogP contribution in [0.1, 0.15) is 83.3 Å². The van der Waals surface area contributed by atoms with E-state index in [9.17, 15) is 44.7 Å². The molecule has 0 fully saturated rings. The molecule has 2 aromatic rings. The number of fused-ring (bicyclic) bond motifs is 14. The predicted molar refractivity (Wildman–Crippen MR) is 210 cm³/mol. The zero-order valence-corrected chi connectivity index (χ0v) is 33.7. The van der Waals surface area contributed by atoms with Gasteiger partial charge in [0.25, 0.3) is 11.7 Å². The molecule has 57 heavy (non-hydrogen) atoms. The van der Waals surface area contributed by atoms with Crippen molar-refractivity contribution in [1.82, 2.24) is 5.43 Å². The number of ketones is 1. The minimum atomic E-state index is -2.09. The van der Waals surface area contributed by atoms with Crippen molar-refractivity contribution in [1.29, 1.82) is 0 Å². The number of nitrogens with zero attached hydrogens (tertiary/aromatic N) is 1. The van der Waals surface area contributed by atoms with E-state index in [1.165, 1.54) is 53.0 Å². The summed E-state index contributed by atoms with van der Waals surface area (Å²) in [4.78, 5) is 52.1. The van der Waals surface area contributed by atoms with Crippen LogP contribution in [0.5, 0.6) is 23.0 Å². The summed E-state index contributed by atoms with van der Waals surface area (Å²) in [5.41, 5.74) is 1.39. The zero-order chi connectivity index (χ0) is 42.7. The van der Waals surface area contributed by atoms with Crippen molar-refractivity contribution in [3.63, 3.8) is 0 Å². The van der Waals surface area contributed by atoms with Crippen molar-refractivity contribution < 1.29 is 63.7 Å². The Kier molecular flexibility index (Phi) is 13.8. The molecule has 2 aromatic carbocycles. The molecule has 310 valence electrons. The molecule has 3 aliphatic rings. The lowest BCUT2D eigenvalue weighted by molar-refractivity contribution is -0.160. The van der Waals surface area contributed by atoms with Crippen LogP contribution in [0.3, 0.4) is 0 Å². The Bertz CT molecular complexity index is 2040. The van der Waals surface area contributed by atoms with Crippen molar-refractivity contribution in [2.45, 2.75) is 98.9 Å². The predicted octanol–water partition coefficient (Wildman–Crippen LogP) is 4.61. The summed E-state index contributed by atoms with van der Waals surface area (Å²) in [6, 6.07) is 0. The first-order valence-corrected chi connectivity index (χ1v) is 18.6. The van der Waals surface area contributed by atoms with Gasteiger partial charge in [-0.3, -0.25) is 19.2 Å². The number of anilines is 1. The highest BCUT2D eigenvalue weighted by Crippen LogP contribution is 2.55. The van der Waals surface area contributed by atoms with Gasteiger partial charge < -0.3 is 49.8 Å². The number of phenols is 3. The van der Waals surface area contributed by atoms with E-state index in [-0.39, 0.29) is 45.2 Å². The van der Waals surface area contributed by atoms with E-state index in [0.29, 0.717) is 0 Å². The molecular weight excluding hydrogens is 742 g/mol. The van der Waals surface area contributed by atoms with E-state index in [0.717, 1.165) is 12.5 Å². The summed E-state index contributed by atoms with van der Waals surface area (Å²) >= 11 is 0. The molecule has 3 heterocycles. The monoisotopic (exact) mass is 795 g/mol. The number of hydrogen-bond acceptors (Lipinski definition) is 14. The molecule has 16 nitrogen and oxygen atoms in total. The highest BCUT2D eigenvalue weighted by Gasteiger charge is 2.50. The van der Waals surface area contributed by atoms with Gasteiger partial charge in [0.15, 0.2) is 5.75 Å². The van der Waals surface area contributed by atoms with E-state index < -0.39 is 100 Å². The fourth-order valence-electron chi connectivity index (χ4n) is 7.12. The number of nitrogens with one attached hydrogen (secondary N) is 2. The Morgan fingerprint density at radius 3 is 2.26 bits per heavy atom. The average molecular weight is 796 g/mol. The highest BCUT2D eigenvalue weighted by molar-refractivity contribution is 6.23. The zero-order valence-electron chi connectivity index (χ0n) is 33.7. The van der Waals surface area contributed by atoms with E-state index in [1.54, 1.807) is 40.7 Å². The topological polar surface area (TPSA) is 243 Å². The number of ether oxygens (including phenoxy) is 4. The molecule has 9 unspecified atom stereocenters. The number of aromatic hydroxyl groups is 3. The number of Topliss-reactive ketones (excluding diaryl/α,β-unsaturated/α-hetero) is 1. The second-order valence-corrected chi connectivity index (χ2v) is 14.8. The first-order valence-electron chi connectivity index (χ1n) is 18.6. The highest BCUT2D eigenvalue weighted by atomic mass is 16.7. The molecule has 2 amide bonds. The number of phenolic OH excluding ortho intramolecular Hbond substituents is 3. The Morgan fingerprint density at radius 1 is 0.982 bits per heavy atom. The van der Waals surface area contributed by atoms with Crippen molar-refractivity contribution in [3.05, 3.63) is 52.8 Å². The summed E-state index contributed by atoms with van der Waals surface area (Å²) in [6.45, 7) is 13.8. The third-order valence-corrected chi connectivity index (χ3v) is 10.7. The fraction of sp³-hybridized carbons (Fsp3) is 0.488. The van der Waals surface area contributed by atoms with Crippen molar-refractivity contribution in [2.75, 3.05) is 12.4 Å². The number of hydrazone groups is 1. The van der Waals surface area contributed by atoms with Gasteiger partial charge in [-0.2, -0.15) is 5.10 Å². The Morgan fingerprint density at radius 2 is 1.65 bits per heavy atom. The van der Waals surface area contributed by atoms with Crippen LogP contribution in [0.2, 0.25) is 0 Å². The van der Waals surface area contributed by atoms with Crippen LogP contribution in [-0.2, 0) is 28.6 Å². The third kappa shape index (κ3) is 8.77. The van der Waals surface area contributed by atoms with Crippen LogP contribution < -0.4 is 15.5 Å². The number of esters is 1. The molecule has 0 spiro atoms. The third-order valence-electron chi connectivity index (χ3n) is 10.7. The molecule has 0 aliphatic carbocycles. The number of aliphatic hydroxyl groups is 2. The average Bonchev–Trinajstić information content (AvgIpc) is 3.44. The number of methoxy groups -OCH3 is 1. The molecule has 16 heteroatoms. The van der Waals surface area contributed by atoms with E-state index in [1.807, 2.05) is 0 Å². The number of aliphatic hydroxyl groups excluding tert-OH is 2. The Hall–Kier alpha value is -5.45. The summed E-state index contributed by atoms with van der Waals surface area (Å²) in [5.74, 6) is -9.50. The van der Waals surface area contributed by atoms with Crippen molar-refractivity contribution in [2.24, 2.45) is 28.8 Å². The van der Waals surface area contributed by atoms with E-state index in [4.69, 9.17) is 18.9 Å². The molecule has 0 aromatic heterocycles. The number of allylic oxidation sites excluding steroid dienone is 2. The molecule has 0 saturated carbocycles. The second kappa shape index (κ2) is 17.8. The molecule has 9 atom stereocenters. The van der Waals surface area contributed by atoms with Crippen molar-refractivity contribution >= 4 is 46.2 Å². The Labute approximate surface area is 330 Å². The van der Waals surface area contributed by atoms with Crippen LogP contribution in [0.4, 0.5) is 5.69 Å².